The number of ether oxygens (including phenoxy) is 2. The summed E-state index contributed by atoms with van der Waals surface area (Å²) in [7, 11) is 1.28. The molecule has 2 rings (SSSR count). The maximum atomic E-state index is 11.7. The molecule has 0 atom stereocenters. The minimum Gasteiger partial charge on any atom is -0.465 e. The number of nitrogens with zero attached hydrogens (tertiary/aromatic N) is 2. The molecule has 0 radical (unpaired) electrons. The topological polar surface area (TPSA) is 111 Å². The summed E-state index contributed by atoms with van der Waals surface area (Å²) >= 11 is 1.00. The van der Waals surface area contributed by atoms with Crippen LogP contribution in [0.4, 0.5) is 0 Å². The van der Waals surface area contributed by atoms with Gasteiger partial charge in [-0.3, -0.25) is 14.6 Å². The van der Waals surface area contributed by atoms with Gasteiger partial charge >= 0.3 is 11.9 Å². The molecule has 9 heteroatoms. The number of benzene rings is 1. The van der Waals surface area contributed by atoms with Crippen LogP contribution >= 0.6 is 11.8 Å². The zero-order chi connectivity index (χ0) is 16.8. The third-order valence-corrected chi connectivity index (χ3v) is 3.51. The molecule has 0 aliphatic rings. The smallest absolute Gasteiger partial charge is 0.337 e. The van der Waals surface area contributed by atoms with Crippen molar-refractivity contribution in [1.82, 2.24) is 15.2 Å². The van der Waals surface area contributed by atoms with Gasteiger partial charge in [-0.1, -0.05) is 11.8 Å². The monoisotopic (exact) mass is 335 g/mol. The van der Waals surface area contributed by atoms with Gasteiger partial charge < -0.3 is 9.47 Å². The molecule has 0 spiro atoms. The number of rotatable bonds is 5. The van der Waals surface area contributed by atoms with Crippen LogP contribution < -0.4 is 10.3 Å². The third kappa shape index (κ3) is 4.65. The Labute approximate surface area is 135 Å². The van der Waals surface area contributed by atoms with Gasteiger partial charge in [0, 0.05) is 0 Å². The van der Waals surface area contributed by atoms with Crippen LogP contribution in [0.5, 0.6) is 5.75 Å². The fraction of sp³-hybridized carbons (Fsp3) is 0.214. The molecule has 120 valence electrons. The zero-order valence-corrected chi connectivity index (χ0v) is 13.2. The lowest BCUT2D eigenvalue weighted by molar-refractivity contribution is -0.131. The number of H-pyrrole nitrogens is 1. The van der Waals surface area contributed by atoms with Crippen LogP contribution in [0.15, 0.2) is 34.2 Å². The van der Waals surface area contributed by atoms with E-state index in [9.17, 15) is 14.4 Å². The summed E-state index contributed by atoms with van der Waals surface area (Å²) in [5, 5.41) is 7.66. The standard InChI is InChI=1S/C14H13N3O5S/c1-8-12(19)15-14(17-16-8)23-7-11(18)22-10-5-3-9(4-6-10)13(20)21-2/h3-6H,7H2,1-2H3,(H,15,17,19). The van der Waals surface area contributed by atoms with Gasteiger partial charge in [0.25, 0.3) is 5.56 Å². The number of thioether (sulfide) groups is 1. The minimum absolute atomic E-state index is 0.0492. The van der Waals surface area contributed by atoms with E-state index < -0.39 is 11.9 Å². The van der Waals surface area contributed by atoms with Gasteiger partial charge in [-0.05, 0) is 31.2 Å². The molecule has 2 aromatic rings. The number of carbonyl (C=O) groups excluding carboxylic acids is 2. The summed E-state index contributed by atoms with van der Waals surface area (Å²) in [5.41, 5.74) is 0.256. The van der Waals surface area contributed by atoms with E-state index in [-0.39, 0.29) is 22.2 Å². The van der Waals surface area contributed by atoms with E-state index in [0.29, 0.717) is 11.3 Å². The number of carbonyl (C=O) groups is 2. The first-order chi connectivity index (χ1) is 11.0. The van der Waals surface area contributed by atoms with E-state index in [1.54, 1.807) is 0 Å². The highest BCUT2D eigenvalue weighted by molar-refractivity contribution is 7.99. The van der Waals surface area contributed by atoms with Crippen molar-refractivity contribution in [3.05, 3.63) is 45.9 Å². The predicted molar refractivity (Wildman–Crippen MR) is 81.5 cm³/mol. The average Bonchev–Trinajstić information content (AvgIpc) is 2.56. The maximum absolute atomic E-state index is 11.7. The summed E-state index contributed by atoms with van der Waals surface area (Å²) < 4.78 is 9.68. The average molecular weight is 335 g/mol. The predicted octanol–water partition coefficient (Wildman–Crippen LogP) is 0.958. The lowest BCUT2D eigenvalue weighted by atomic mass is 10.2. The second-order valence-corrected chi connectivity index (χ2v) is 5.29. The summed E-state index contributed by atoms with van der Waals surface area (Å²) in [4.78, 5) is 36.9. The number of nitrogens with one attached hydrogen (secondary N) is 1. The molecule has 1 heterocycles. The van der Waals surface area contributed by atoms with Crippen molar-refractivity contribution in [2.24, 2.45) is 0 Å². The summed E-state index contributed by atoms with van der Waals surface area (Å²) in [6, 6.07) is 5.96. The normalized spacial score (nSPS) is 10.2. The van der Waals surface area contributed by atoms with E-state index in [1.807, 2.05) is 0 Å². The van der Waals surface area contributed by atoms with Crippen molar-refractivity contribution in [3.8, 4) is 5.75 Å². The molecule has 0 unspecified atom stereocenters. The molecule has 8 nitrogen and oxygen atoms in total. The molecule has 0 aliphatic heterocycles. The highest BCUT2D eigenvalue weighted by Gasteiger charge is 2.10. The van der Waals surface area contributed by atoms with E-state index in [2.05, 4.69) is 19.9 Å². The fourth-order valence-electron chi connectivity index (χ4n) is 1.51. The van der Waals surface area contributed by atoms with Crippen LogP contribution in [0.3, 0.4) is 0 Å². The van der Waals surface area contributed by atoms with Crippen molar-refractivity contribution in [2.45, 2.75) is 12.1 Å². The molecule has 0 fully saturated rings. The first kappa shape index (κ1) is 16.7. The minimum atomic E-state index is -0.524. The summed E-state index contributed by atoms with van der Waals surface area (Å²) in [5.74, 6) is -0.747. The molecule has 0 saturated heterocycles. The largest absolute Gasteiger partial charge is 0.465 e. The van der Waals surface area contributed by atoms with Crippen molar-refractivity contribution in [2.75, 3.05) is 12.9 Å². The molecule has 1 aromatic carbocycles. The molecule has 0 bridgehead atoms. The van der Waals surface area contributed by atoms with Gasteiger partial charge in [0.2, 0.25) is 0 Å². The lowest BCUT2D eigenvalue weighted by Gasteiger charge is -2.05. The molecule has 1 N–H and O–H groups in total. The highest BCUT2D eigenvalue weighted by Crippen LogP contribution is 2.15. The molecule has 23 heavy (non-hydrogen) atoms. The second-order valence-electron chi connectivity index (χ2n) is 4.32. The van der Waals surface area contributed by atoms with E-state index >= 15 is 0 Å². The van der Waals surface area contributed by atoms with Gasteiger partial charge in [-0.2, -0.15) is 0 Å². The van der Waals surface area contributed by atoms with Gasteiger partial charge in [0.1, 0.15) is 11.4 Å². The lowest BCUT2D eigenvalue weighted by Crippen LogP contribution is -2.16. The number of hydrogen-bond acceptors (Lipinski definition) is 8. The van der Waals surface area contributed by atoms with Crippen LogP contribution in [-0.2, 0) is 9.53 Å². The molecule has 0 aliphatic carbocycles. The molecule has 1 aromatic heterocycles. The van der Waals surface area contributed by atoms with Crippen LogP contribution in [0.2, 0.25) is 0 Å². The molecule has 0 saturated carbocycles. The van der Waals surface area contributed by atoms with Crippen LogP contribution in [0, 0.1) is 6.92 Å². The van der Waals surface area contributed by atoms with E-state index in [4.69, 9.17) is 4.74 Å². The van der Waals surface area contributed by atoms with E-state index in [0.717, 1.165) is 11.8 Å². The number of aromatic amines is 1. The zero-order valence-electron chi connectivity index (χ0n) is 12.4. The Bertz CT molecular complexity index is 773. The second kappa shape index (κ2) is 7.54. The van der Waals surface area contributed by atoms with Gasteiger partial charge in [-0.15, -0.1) is 10.2 Å². The van der Waals surface area contributed by atoms with Crippen molar-refractivity contribution in [1.29, 1.82) is 0 Å². The van der Waals surface area contributed by atoms with E-state index in [1.165, 1.54) is 38.3 Å². The Kier molecular flexibility index (Phi) is 5.47. The number of esters is 2. The van der Waals surface area contributed by atoms with Gasteiger partial charge in [-0.25, -0.2) is 4.79 Å². The number of aryl methyl sites for hydroxylation is 1. The number of aromatic nitrogens is 3. The van der Waals surface area contributed by atoms with Crippen molar-refractivity contribution >= 4 is 23.7 Å². The maximum Gasteiger partial charge on any atom is 0.337 e. The SMILES string of the molecule is COC(=O)c1ccc(OC(=O)CSc2nnc(C)c(=O)[nH]2)cc1. The Morgan fingerprint density at radius 1 is 1.22 bits per heavy atom. The summed E-state index contributed by atoms with van der Waals surface area (Å²) in [6.07, 6.45) is 0. The molecule has 0 amide bonds. The summed E-state index contributed by atoms with van der Waals surface area (Å²) in [6.45, 7) is 1.53. The highest BCUT2D eigenvalue weighted by atomic mass is 32.2. The fourth-order valence-corrected chi connectivity index (χ4v) is 2.09. The quantitative estimate of drug-likeness (QED) is 0.488. The van der Waals surface area contributed by atoms with Gasteiger partial charge in [0.15, 0.2) is 5.16 Å². The Balaban J connectivity index is 1.90. The Hall–Kier alpha value is -2.68. The Morgan fingerprint density at radius 3 is 2.52 bits per heavy atom. The third-order valence-electron chi connectivity index (χ3n) is 2.67. The molecular formula is C14H13N3O5S. The van der Waals surface area contributed by atoms with Crippen molar-refractivity contribution in [3.63, 3.8) is 0 Å². The first-order valence-electron chi connectivity index (χ1n) is 6.45. The number of hydrogen-bond donors (Lipinski definition) is 1. The Morgan fingerprint density at radius 2 is 1.91 bits per heavy atom. The molecular weight excluding hydrogens is 322 g/mol. The van der Waals surface area contributed by atoms with Crippen molar-refractivity contribution < 1.29 is 19.1 Å². The van der Waals surface area contributed by atoms with Crippen LogP contribution in [0.1, 0.15) is 16.1 Å². The van der Waals surface area contributed by atoms with Gasteiger partial charge in [0.05, 0.1) is 18.4 Å². The van der Waals surface area contributed by atoms with Crippen LogP contribution in [0.25, 0.3) is 0 Å². The first-order valence-corrected chi connectivity index (χ1v) is 7.43. The van der Waals surface area contributed by atoms with Crippen LogP contribution in [-0.4, -0.2) is 40.0 Å². The number of methoxy groups -OCH3 is 1.